The molecule has 0 aromatic heterocycles. The zero-order valence-corrected chi connectivity index (χ0v) is 21.6. The van der Waals surface area contributed by atoms with Crippen LogP contribution in [0.25, 0.3) is 0 Å². The van der Waals surface area contributed by atoms with Crippen LogP contribution in [0, 0.1) is 11.8 Å². The second kappa shape index (κ2) is 10.6. The van der Waals surface area contributed by atoms with E-state index < -0.39 is 8.32 Å². The van der Waals surface area contributed by atoms with Crippen LogP contribution in [0.4, 0.5) is 0 Å². The first-order valence-electron chi connectivity index (χ1n) is 11.9. The summed E-state index contributed by atoms with van der Waals surface area (Å²) < 4.78 is 18.9. The predicted octanol–water partition coefficient (Wildman–Crippen LogP) is 7.65. The van der Waals surface area contributed by atoms with Gasteiger partial charge in [0.05, 0.1) is 0 Å². The fourth-order valence-electron chi connectivity index (χ4n) is 4.67. The molecule has 3 atom stereocenters. The smallest absolute Gasteiger partial charge is 0.302 e. The van der Waals surface area contributed by atoms with Gasteiger partial charge in [-0.3, -0.25) is 0 Å². The average molecular weight is 453 g/mol. The molecule has 1 aliphatic carbocycles. The Balaban J connectivity index is 1.79. The first-order chi connectivity index (χ1) is 15.1. The molecular formula is C28H40O3Si. The molecule has 0 aliphatic heterocycles. The van der Waals surface area contributed by atoms with E-state index in [2.05, 4.69) is 82.9 Å². The van der Waals surface area contributed by atoms with Crippen molar-refractivity contribution in [2.45, 2.75) is 77.8 Å². The van der Waals surface area contributed by atoms with Gasteiger partial charge in [0.15, 0.2) is 6.26 Å². The molecule has 0 bridgehead atoms. The van der Waals surface area contributed by atoms with Crippen LogP contribution in [0.5, 0.6) is 0 Å². The van der Waals surface area contributed by atoms with Crippen LogP contribution < -0.4 is 0 Å². The van der Waals surface area contributed by atoms with Gasteiger partial charge >= 0.3 is 5.95 Å². The second-order valence-electron chi connectivity index (χ2n) is 10.7. The van der Waals surface area contributed by atoms with Crippen LogP contribution in [0.1, 0.15) is 51.2 Å². The third-order valence-electron chi connectivity index (χ3n) is 6.45. The molecule has 1 saturated carbocycles. The molecule has 2 aromatic rings. The Morgan fingerprint density at radius 3 is 2.22 bits per heavy atom. The Hall–Kier alpha value is -2.20. The largest absolute Gasteiger partial charge is 0.518 e. The maximum Gasteiger partial charge on any atom is 0.302 e. The summed E-state index contributed by atoms with van der Waals surface area (Å²) in [5.41, 5.74) is 2.51. The number of benzene rings is 2. The van der Waals surface area contributed by atoms with Gasteiger partial charge in [-0.05, 0) is 54.9 Å². The summed E-state index contributed by atoms with van der Waals surface area (Å²) in [4.78, 5) is 0. The first kappa shape index (κ1) is 24.4. The molecule has 32 heavy (non-hydrogen) atoms. The monoisotopic (exact) mass is 452 g/mol. The van der Waals surface area contributed by atoms with Crippen molar-refractivity contribution in [1.82, 2.24) is 0 Å². The Labute approximate surface area is 195 Å². The standard InChI is InChI=1S/C28H40O3Si/c1-22-17-18-25(28(2,3)24-15-11-8-12-16-24)26(19-22)30-27(31-32(4,5)6)21-29-20-23-13-9-7-10-14-23/h7-16,21-22,25-26H,17-20H2,1-6H3/b27-21-/t22-,25-,26-/m1/s1. The van der Waals surface area contributed by atoms with Crippen molar-refractivity contribution in [3.8, 4) is 0 Å². The first-order valence-corrected chi connectivity index (χ1v) is 15.3. The van der Waals surface area contributed by atoms with E-state index in [1.807, 2.05) is 18.2 Å². The lowest BCUT2D eigenvalue weighted by molar-refractivity contribution is -0.0523. The summed E-state index contributed by atoms with van der Waals surface area (Å²) in [5, 5.41) is 0. The predicted molar refractivity (Wildman–Crippen MR) is 135 cm³/mol. The van der Waals surface area contributed by atoms with Gasteiger partial charge in [-0.25, -0.2) is 0 Å². The zero-order valence-electron chi connectivity index (χ0n) is 20.6. The molecular weight excluding hydrogens is 412 g/mol. The van der Waals surface area contributed by atoms with Crippen molar-refractivity contribution in [1.29, 1.82) is 0 Å². The highest BCUT2D eigenvalue weighted by Gasteiger charge is 2.42. The van der Waals surface area contributed by atoms with Crippen molar-refractivity contribution in [2.24, 2.45) is 11.8 Å². The third kappa shape index (κ3) is 6.90. The number of rotatable bonds is 9. The van der Waals surface area contributed by atoms with E-state index in [0.717, 1.165) is 18.4 Å². The van der Waals surface area contributed by atoms with Gasteiger partial charge in [0.1, 0.15) is 12.7 Å². The molecule has 1 aliphatic rings. The van der Waals surface area contributed by atoms with Gasteiger partial charge in [-0.1, -0.05) is 87.9 Å². The Morgan fingerprint density at radius 2 is 1.59 bits per heavy atom. The highest BCUT2D eigenvalue weighted by molar-refractivity contribution is 6.69. The van der Waals surface area contributed by atoms with E-state index in [-0.39, 0.29) is 11.5 Å². The molecule has 4 heteroatoms. The normalized spacial score (nSPS) is 22.3. The van der Waals surface area contributed by atoms with Crippen LogP contribution in [0.15, 0.2) is 72.9 Å². The summed E-state index contributed by atoms with van der Waals surface area (Å²) >= 11 is 0. The lowest BCUT2D eigenvalue weighted by Gasteiger charge is -2.44. The zero-order chi connectivity index (χ0) is 23.2. The Kier molecular flexibility index (Phi) is 8.10. The maximum atomic E-state index is 6.64. The van der Waals surface area contributed by atoms with Crippen LogP contribution in [-0.4, -0.2) is 14.4 Å². The minimum Gasteiger partial charge on any atom is -0.518 e. The van der Waals surface area contributed by atoms with Crippen LogP contribution >= 0.6 is 0 Å². The van der Waals surface area contributed by atoms with E-state index in [9.17, 15) is 0 Å². The van der Waals surface area contributed by atoms with E-state index in [4.69, 9.17) is 13.9 Å². The summed E-state index contributed by atoms with van der Waals surface area (Å²) in [7, 11) is -1.86. The molecule has 2 aromatic carbocycles. The van der Waals surface area contributed by atoms with Crippen molar-refractivity contribution < 1.29 is 13.9 Å². The Morgan fingerprint density at radius 1 is 0.969 bits per heavy atom. The molecule has 0 unspecified atom stereocenters. The van der Waals surface area contributed by atoms with Gasteiger partial charge in [-0.15, -0.1) is 0 Å². The van der Waals surface area contributed by atoms with Crippen molar-refractivity contribution in [3.63, 3.8) is 0 Å². The van der Waals surface area contributed by atoms with E-state index >= 15 is 0 Å². The molecule has 3 rings (SSSR count). The SMILES string of the molecule is C[C@@H]1CC[C@@H](C(C)(C)c2ccccc2)[C@H](O/C(=C/OCc2ccccc2)O[Si](C)(C)C)C1. The minimum absolute atomic E-state index is 0.0151. The van der Waals surface area contributed by atoms with Gasteiger partial charge in [0.25, 0.3) is 0 Å². The molecule has 0 N–H and O–H groups in total. The van der Waals surface area contributed by atoms with Crippen LogP contribution in [0.2, 0.25) is 19.6 Å². The molecule has 3 nitrogen and oxygen atoms in total. The average Bonchev–Trinajstić information content (AvgIpc) is 2.74. The fraction of sp³-hybridized carbons (Fsp3) is 0.500. The lowest BCUT2D eigenvalue weighted by Crippen LogP contribution is -2.43. The van der Waals surface area contributed by atoms with Gasteiger partial charge in [0.2, 0.25) is 8.32 Å². The van der Waals surface area contributed by atoms with E-state index in [0.29, 0.717) is 24.4 Å². The molecule has 0 spiro atoms. The fourth-order valence-corrected chi connectivity index (χ4v) is 5.37. The highest BCUT2D eigenvalue weighted by Crippen LogP contribution is 2.44. The van der Waals surface area contributed by atoms with Crippen molar-refractivity contribution >= 4 is 8.32 Å². The molecule has 0 saturated heterocycles. The Bertz CT molecular complexity index is 855. The summed E-state index contributed by atoms with van der Waals surface area (Å²) in [5.74, 6) is 1.58. The molecule has 0 amide bonds. The van der Waals surface area contributed by atoms with Crippen LogP contribution in [0.3, 0.4) is 0 Å². The molecule has 0 radical (unpaired) electrons. The number of ether oxygens (including phenoxy) is 2. The van der Waals surface area contributed by atoms with Gasteiger partial charge in [0, 0.05) is 5.92 Å². The molecule has 174 valence electrons. The second-order valence-corrected chi connectivity index (χ2v) is 15.1. The molecule has 1 fully saturated rings. The van der Waals surface area contributed by atoms with Crippen molar-refractivity contribution in [3.05, 3.63) is 84.0 Å². The molecule has 0 heterocycles. The van der Waals surface area contributed by atoms with E-state index in [1.54, 1.807) is 6.26 Å². The topological polar surface area (TPSA) is 27.7 Å². The van der Waals surface area contributed by atoms with Gasteiger partial charge in [-0.2, -0.15) is 0 Å². The van der Waals surface area contributed by atoms with Crippen molar-refractivity contribution in [2.75, 3.05) is 0 Å². The highest BCUT2D eigenvalue weighted by atomic mass is 28.4. The quantitative estimate of drug-likeness (QED) is 0.289. The number of hydrogen-bond donors (Lipinski definition) is 0. The summed E-state index contributed by atoms with van der Waals surface area (Å²) in [6, 6.07) is 21.0. The maximum absolute atomic E-state index is 6.64. The van der Waals surface area contributed by atoms with Crippen LogP contribution in [-0.2, 0) is 25.9 Å². The number of hydrogen-bond acceptors (Lipinski definition) is 3. The summed E-state index contributed by atoms with van der Waals surface area (Å²) in [6.07, 6.45) is 5.21. The minimum atomic E-state index is -1.86. The van der Waals surface area contributed by atoms with E-state index in [1.165, 1.54) is 12.0 Å². The lowest BCUT2D eigenvalue weighted by atomic mass is 9.64. The third-order valence-corrected chi connectivity index (χ3v) is 7.26. The van der Waals surface area contributed by atoms with Gasteiger partial charge < -0.3 is 13.9 Å². The summed E-state index contributed by atoms with van der Waals surface area (Å²) in [6.45, 7) is 14.1.